The summed E-state index contributed by atoms with van der Waals surface area (Å²) in [6.45, 7) is 4.45. The molecule has 19 heavy (non-hydrogen) atoms. The zero-order chi connectivity index (χ0) is 13.9. The molecule has 0 bridgehead atoms. The molecule has 0 aliphatic rings. The molecular weight excluding hydrogens is 276 g/mol. The van der Waals surface area contributed by atoms with Gasteiger partial charge in [-0.1, -0.05) is 42.8 Å². The average molecular weight is 294 g/mol. The first-order chi connectivity index (χ1) is 9.26. The standard InChI is InChI=1S/C15H18O2S2/c1-3-17-13(12-15(16)18-4-2)10-11-19-14-8-6-5-7-9-14/h5-9,13H,3-4,12H2,1-2H3. The van der Waals surface area contributed by atoms with Crippen molar-refractivity contribution in [1.82, 2.24) is 0 Å². The molecule has 0 spiro atoms. The lowest BCUT2D eigenvalue weighted by molar-refractivity contribution is -0.112. The van der Waals surface area contributed by atoms with Gasteiger partial charge in [0, 0.05) is 11.5 Å². The van der Waals surface area contributed by atoms with Crippen molar-refractivity contribution in [3.05, 3.63) is 30.3 Å². The van der Waals surface area contributed by atoms with Crippen LogP contribution in [0.1, 0.15) is 20.3 Å². The van der Waals surface area contributed by atoms with E-state index in [0.717, 1.165) is 10.6 Å². The van der Waals surface area contributed by atoms with Crippen molar-refractivity contribution in [3.63, 3.8) is 0 Å². The molecule has 0 aliphatic carbocycles. The van der Waals surface area contributed by atoms with Gasteiger partial charge in [-0.2, -0.15) is 0 Å². The van der Waals surface area contributed by atoms with E-state index in [9.17, 15) is 4.79 Å². The third kappa shape index (κ3) is 7.31. The molecule has 0 saturated carbocycles. The highest BCUT2D eigenvalue weighted by Gasteiger charge is 2.11. The summed E-state index contributed by atoms with van der Waals surface area (Å²) in [7, 11) is 0. The van der Waals surface area contributed by atoms with Crippen LogP contribution >= 0.6 is 23.5 Å². The van der Waals surface area contributed by atoms with Gasteiger partial charge in [0.1, 0.15) is 6.10 Å². The molecule has 0 aliphatic heterocycles. The third-order valence-corrected chi connectivity index (χ3v) is 3.66. The van der Waals surface area contributed by atoms with Crippen LogP contribution in [0.25, 0.3) is 0 Å². The van der Waals surface area contributed by atoms with Crippen molar-refractivity contribution >= 4 is 28.6 Å². The minimum atomic E-state index is -0.298. The Kier molecular flexibility index (Phi) is 8.48. The van der Waals surface area contributed by atoms with E-state index in [1.54, 1.807) is 0 Å². The van der Waals surface area contributed by atoms with Crippen molar-refractivity contribution in [2.45, 2.75) is 31.3 Å². The SMILES string of the molecule is CCOC(C#CSc1ccccc1)CC(=O)SCC. The molecule has 4 heteroatoms. The lowest BCUT2D eigenvalue weighted by atomic mass is 10.3. The molecule has 1 aromatic carbocycles. The predicted molar refractivity (Wildman–Crippen MR) is 83.2 cm³/mol. The summed E-state index contributed by atoms with van der Waals surface area (Å²) >= 11 is 2.78. The number of hydrogen-bond donors (Lipinski definition) is 0. The smallest absolute Gasteiger partial charge is 0.192 e. The Morgan fingerprint density at radius 2 is 2.05 bits per heavy atom. The zero-order valence-corrected chi connectivity index (χ0v) is 12.9. The molecule has 0 fully saturated rings. The summed E-state index contributed by atoms with van der Waals surface area (Å²) in [4.78, 5) is 12.7. The van der Waals surface area contributed by atoms with Crippen molar-refractivity contribution in [3.8, 4) is 11.2 Å². The van der Waals surface area contributed by atoms with Gasteiger partial charge < -0.3 is 4.74 Å². The fourth-order valence-electron chi connectivity index (χ4n) is 1.37. The zero-order valence-electron chi connectivity index (χ0n) is 11.2. The highest BCUT2D eigenvalue weighted by Crippen LogP contribution is 2.16. The van der Waals surface area contributed by atoms with Gasteiger partial charge in [-0.25, -0.2) is 0 Å². The number of hydrogen-bond acceptors (Lipinski definition) is 4. The van der Waals surface area contributed by atoms with E-state index in [1.165, 1.54) is 23.5 Å². The van der Waals surface area contributed by atoms with Gasteiger partial charge in [0.2, 0.25) is 0 Å². The van der Waals surface area contributed by atoms with E-state index >= 15 is 0 Å². The average Bonchev–Trinajstić information content (AvgIpc) is 2.40. The van der Waals surface area contributed by atoms with Crippen LogP contribution in [0.3, 0.4) is 0 Å². The maximum Gasteiger partial charge on any atom is 0.192 e. The minimum Gasteiger partial charge on any atom is -0.365 e. The first kappa shape index (κ1) is 16.2. The van der Waals surface area contributed by atoms with Crippen LogP contribution in [0.4, 0.5) is 0 Å². The fourth-order valence-corrected chi connectivity index (χ4v) is 2.56. The van der Waals surface area contributed by atoms with Crippen molar-refractivity contribution in [2.75, 3.05) is 12.4 Å². The maximum atomic E-state index is 11.6. The van der Waals surface area contributed by atoms with Crippen LogP contribution in [0.5, 0.6) is 0 Å². The molecule has 1 rings (SSSR count). The predicted octanol–water partition coefficient (Wildman–Crippen LogP) is 3.81. The molecule has 0 saturated heterocycles. The van der Waals surface area contributed by atoms with Crippen LogP contribution in [0.2, 0.25) is 0 Å². The summed E-state index contributed by atoms with van der Waals surface area (Å²) < 4.78 is 5.48. The number of carbonyl (C=O) groups excluding carboxylic acids is 1. The van der Waals surface area contributed by atoms with Crippen molar-refractivity contribution < 1.29 is 9.53 Å². The molecule has 0 N–H and O–H groups in total. The molecule has 102 valence electrons. The summed E-state index contributed by atoms with van der Waals surface area (Å²) in [5.74, 6) is 3.81. The molecule has 1 atom stereocenters. The fraction of sp³-hybridized carbons (Fsp3) is 0.400. The number of carbonyl (C=O) groups is 1. The van der Waals surface area contributed by atoms with E-state index in [4.69, 9.17) is 4.74 Å². The quantitative estimate of drug-likeness (QED) is 0.588. The Labute approximate surface area is 123 Å². The first-order valence-electron chi connectivity index (χ1n) is 6.25. The first-order valence-corrected chi connectivity index (χ1v) is 8.06. The lowest BCUT2D eigenvalue weighted by Gasteiger charge is -2.08. The Balaban J connectivity index is 2.51. The van der Waals surface area contributed by atoms with E-state index in [-0.39, 0.29) is 11.2 Å². The second-order valence-electron chi connectivity index (χ2n) is 3.61. The third-order valence-electron chi connectivity index (χ3n) is 2.16. The number of benzene rings is 1. The molecule has 2 nitrogen and oxygen atoms in total. The number of ether oxygens (including phenoxy) is 1. The maximum absolute atomic E-state index is 11.6. The van der Waals surface area contributed by atoms with Crippen LogP contribution in [0.15, 0.2) is 35.2 Å². The summed E-state index contributed by atoms with van der Waals surface area (Å²) in [5.41, 5.74) is 0. The molecule has 1 aromatic rings. The Bertz CT molecular complexity index is 434. The topological polar surface area (TPSA) is 26.3 Å². The van der Waals surface area contributed by atoms with Gasteiger partial charge in [-0.05, 0) is 41.8 Å². The van der Waals surface area contributed by atoms with Gasteiger partial charge in [0.15, 0.2) is 5.12 Å². The van der Waals surface area contributed by atoms with Crippen LogP contribution in [-0.2, 0) is 9.53 Å². The Hall–Kier alpha value is -0.890. The Morgan fingerprint density at radius 1 is 1.32 bits per heavy atom. The Morgan fingerprint density at radius 3 is 2.68 bits per heavy atom. The largest absolute Gasteiger partial charge is 0.365 e. The molecule has 1 unspecified atom stereocenters. The lowest BCUT2D eigenvalue weighted by Crippen LogP contribution is -2.14. The van der Waals surface area contributed by atoms with E-state index in [2.05, 4.69) is 11.2 Å². The summed E-state index contributed by atoms with van der Waals surface area (Å²) in [6.07, 6.45) is 0.0575. The van der Waals surface area contributed by atoms with Crippen LogP contribution < -0.4 is 0 Å². The van der Waals surface area contributed by atoms with Crippen molar-refractivity contribution in [2.24, 2.45) is 0 Å². The summed E-state index contributed by atoms with van der Waals surface area (Å²) in [6, 6.07) is 9.94. The summed E-state index contributed by atoms with van der Waals surface area (Å²) in [5, 5.41) is 3.15. The van der Waals surface area contributed by atoms with Crippen molar-refractivity contribution in [1.29, 1.82) is 0 Å². The molecule has 0 amide bonds. The van der Waals surface area contributed by atoms with Gasteiger partial charge in [-0.15, -0.1) is 0 Å². The van der Waals surface area contributed by atoms with Gasteiger partial charge >= 0.3 is 0 Å². The van der Waals surface area contributed by atoms with Gasteiger partial charge in [-0.3, -0.25) is 4.79 Å². The van der Waals surface area contributed by atoms with E-state index in [0.29, 0.717) is 13.0 Å². The highest BCUT2D eigenvalue weighted by atomic mass is 32.2. The second-order valence-corrected chi connectivity index (χ2v) is 5.82. The number of thioether (sulfide) groups is 2. The molecule has 0 heterocycles. The molecule has 0 radical (unpaired) electrons. The van der Waals surface area contributed by atoms with E-state index < -0.39 is 0 Å². The molecule has 0 aromatic heterocycles. The van der Waals surface area contributed by atoms with E-state index in [1.807, 2.05) is 44.2 Å². The minimum absolute atomic E-state index is 0.139. The second kappa shape index (κ2) is 9.96. The van der Waals surface area contributed by atoms with Gasteiger partial charge in [0.25, 0.3) is 0 Å². The van der Waals surface area contributed by atoms with Crippen LogP contribution in [-0.4, -0.2) is 23.6 Å². The monoisotopic (exact) mass is 294 g/mol. The normalized spacial score (nSPS) is 11.5. The molecular formula is C15H18O2S2. The highest BCUT2D eigenvalue weighted by molar-refractivity contribution is 8.13. The van der Waals surface area contributed by atoms with Gasteiger partial charge in [0.05, 0.1) is 6.42 Å². The van der Waals surface area contributed by atoms with Crippen LogP contribution in [0, 0.1) is 11.2 Å². The number of rotatable bonds is 6.